The molecule has 4 nitrogen and oxygen atoms in total. The molecule has 5 heteroatoms. The average Bonchev–Trinajstić information content (AvgIpc) is 2.43. The Morgan fingerprint density at radius 3 is 2.16 bits per heavy atom. The van der Waals surface area contributed by atoms with Crippen molar-refractivity contribution < 1.29 is 9.13 Å². The van der Waals surface area contributed by atoms with Crippen LogP contribution in [-0.2, 0) is 0 Å². The van der Waals surface area contributed by atoms with E-state index >= 15 is 0 Å². The van der Waals surface area contributed by atoms with Crippen LogP contribution in [0.4, 0.5) is 4.39 Å². The first-order valence-electron chi connectivity index (χ1n) is 6.81. The van der Waals surface area contributed by atoms with Gasteiger partial charge in [-0.1, -0.05) is 0 Å². The molecular weight excluding hydrogens is 245 g/mol. The van der Waals surface area contributed by atoms with Gasteiger partial charge in [-0.25, -0.2) is 4.39 Å². The summed E-state index contributed by atoms with van der Waals surface area (Å²) in [6.07, 6.45) is 0. The van der Waals surface area contributed by atoms with Crippen molar-refractivity contribution >= 4 is 0 Å². The van der Waals surface area contributed by atoms with Crippen LogP contribution in [-0.4, -0.2) is 62.2 Å². The zero-order valence-electron chi connectivity index (χ0n) is 11.2. The van der Waals surface area contributed by atoms with Crippen molar-refractivity contribution in [2.24, 2.45) is 5.73 Å². The number of nitrogens with zero attached hydrogens (tertiary/aromatic N) is 2. The highest BCUT2D eigenvalue weighted by molar-refractivity contribution is 5.21. The molecule has 0 spiro atoms. The Morgan fingerprint density at radius 2 is 1.58 bits per heavy atom. The quantitative estimate of drug-likeness (QED) is 0.827. The van der Waals surface area contributed by atoms with Gasteiger partial charge in [0.25, 0.3) is 0 Å². The fourth-order valence-electron chi connectivity index (χ4n) is 2.24. The number of halogens is 1. The minimum absolute atomic E-state index is 0.233. The average molecular weight is 267 g/mol. The first kappa shape index (κ1) is 14.2. The van der Waals surface area contributed by atoms with Gasteiger partial charge in [-0.2, -0.15) is 0 Å². The Bertz CT molecular complexity index is 363. The Balaban J connectivity index is 1.63. The maximum atomic E-state index is 12.7. The Hall–Kier alpha value is -1.17. The third kappa shape index (κ3) is 4.78. The lowest BCUT2D eigenvalue weighted by molar-refractivity contribution is 0.119. The molecule has 1 aromatic carbocycles. The highest BCUT2D eigenvalue weighted by Gasteiger charge is 2.15. The molecule has 0 atom stereocenters. The summed E-state index contributed by atoms with van der Waals surface area (Å²) < 4.78 is 18.3. The van der Waals surface area contributed by atoms with Crippen molar-refractivity contribution in [1.29, 1.82) is 0 Å². The summed E-state index contributed by atoms with van der Waals surface area (Å²) in [5.74, 6) is 0.492. The van der Waals surface area contributed by atoms with E-state index < -0.39 is 0 Å². The van der Waals surface area contributed by atoms with Crippen molar-refractivity contribution in [3.63, 3.8) is 0 Å². The molecule has 2 N–H and O–H groups in total. The molecular formula is C14H22FN3O. The Labute approximate surface area is 113 Å². The van der Waals surface area contributed by atoms with E-state index in [0.29, 0.717) is 6.61 Å². The molecule has 1 fully saturated rings. The van der Waals surface area contributed by atoms with E-state index in [4.69, 9.17) is 10.5 Å². The highest BCUT2D eigenvalue weighted by atomic mass is 19.1. The molecule has 1 aliphatic heterocycles. The number of benzene rings is 1. The van der Waals surface area contributed by atoms with Crippen molar-refractivity contribution in [3.05, 3.63) is 30.1 Å². The maximum absolute atomic E-state index is 12.7. The van der Waals surface area contributed by atoms with Gasteiger partial charge in [-0.05, 0) is 24.3 Å². The zero-order chi connectivity index (χ0) is 13.5. The molecule has 1 aromatic rings. The summed E-state index contributed by atoms with van der Waals surface area (Å²) in [6, 6.07) is 6.16. The van der Waals surface area contributed by atoms with E-state index in [-0.39, 0.29) is 5.82 Å². The fourth-order valence-corrected chi connectivity index (χ4v) is 2.24. The van der Waals surface area contributed by atoms with E-state index in [2.05, 4.69) is 9.80 Å². The number of nitrogens with two attached hydrogens (primary N) is 1. The van der Waals surface area contributed by atoms with Gasteiger partial charge < -0.3 is 10.5 Å². The SMILES string of the molecule is NCCN1CCN(CCOc2ccc(F)cc2)CC1. The highest BCUT2D eigenvalue weighted by Crippen LogP contribution is 2.11. The van der Waals surface area contributed by atoms with E-state index in [9.17, 15) is 4.39 Å². The largest absolute Gasteiger partial charge is 0.492 e. The second-order valence-corrected chi connectivity index (χ2v) is 4.77. The summed E-state index contributed by atoms with van der Waals surface area (Å²) in [6.45, 7) is 7.55. The number of ether oxygens (including phenoxy) is 1. The molecule has 0 aliphatic carbocycles. The van der Waals surface area contributed by atoms with E-state index in [0.717, 1.165) is 51.6 Å². The topological polar surface area (TPSA) is 41.7 Å². The second kappa shape index (κ2) is 7.43. The van der Waals surface area contributed by atoms with Crippen LogP contribution in [0.2, 0.25) is 0 Å². The minimum Gasteiger partial charge on any atom is -0.492 e. The molecule has 0 aromatic heterocycles. The molecule has 1 aliphatic rings. The number of hydrogen-bond donors (Lipinski definition) is 1. The smallest absolute Gasteiger partial charge is 0.123 e. The monoisotopic (exact) mass is 267 g/mol. The second-order valence-electron chi connectivity index (χ2n) is 4.77. The summed E-state index contributed by atoms with van der Waals surface area (Å²) in [7, 11) is 0. The zero-order valence-corrected chi connectivity index (χ0v) is 11.2. The molecule has 19 heavy (non-hydrogen) atoms. The van der Waals surface area contributed by atoms with Crippen molar-refractivity contribution in [2.75, 3.05) is 52.4 Å². The summed E-state index contributed by atoms with van der Waals surface area (Å²) in [5.41, 5.74) is 5.55. The van der Waals surface area contributed by atoms with Crippen LogP contribution >= 0.6 is 0 Å². The third-order valence-electron chi connectivity index (χ3n) is 3.40. The lowest BCUT2D eigenvalue weighted by Gasteiger charge is -2.34. The van der Waals surface area contributed by atoms with Gasteiger partial charge in [-0.15, -0.1) is 0 Å². The summed E-state index contributed by atoms with van der Waals surface area (Å²) >= 11 is 0. The molecule has 1 heterocycles. The molecule has 0 saturated carbocycles. The normalized spacial score (nSPS) is 17.6. The summed E-state index contributed by atoms with van der Waals surface area (Å²) in [5, 5.41) is 0. The lowest BCUT2D eigenvalue weighted by Crippen LogP contribution is -2.48. The molecule has 2 rings (SSSR count). The first-order chi connectivity index (χ1) is 9.28. The fraction of sp³-hybridized carbons (Fsp3) is 0.571. The first-order valence-corrected chi connectivity index (χ1v) is 6.81. The van der Waals surface area contributed by atoms with Crippen LogP contribution in [0, 0.1) is 5.82 Å². The van der Waals surface area contributed by atoms with Gasteiger partial charge in [0.15, 0.2) is 0 Å². The molecule has 0 radical (unpaired) electrons. The van der Waals surface area contributed by atoms with Crippen LogP contribution < -0.4 is 10.5 Å². The van der Waals surface area contributed by atoms with Crippen LogP contribution in [0.15, 0.2) is 24.3 Å². The van der Waals surface area contributed by atoms with Gasteiger partial charge in [0.05, 0.1) is 0 Å². The van der Waals surface area contributed by atoms with Crippen molar-refractivity contribution in [3.8, 4) is 5.75 Å². The van der Waals surface area contributed by atoms with Gasteiger partial charge in [-0.3, -0.25) is 9.80 Å². The maximum Gasteiger partial charge on any atom is 0.123 e. The van der Waals surface area contributed by atoms with Crippen molar-refractivity contribution in [2.45, 2.75) is 0 Å². The molecule has 106 valence electrons. The van der Waals surface area contributed by atoms with Gasteiger partial charge in [0.2, 0.25) is 0 Å². The Morgan fingerprint density at radius 1 is 1.00 bits per heavy atom. The number of piperazine rings is 1. The molecule has 0 unspecified atom stereocenters. The van der Waals surface area contributed by atoms with Gasteiger partial charge in [0.1, 0.15) is 18.2 Å². The van der Waals surface area contributed by atoms with E-state index in [1.54, 1.807) is 12.1 Å². The standard InChI is InChI=1S/C14H22FN3O/c15-13-1-3-14(4-2-13)19-12-11-18-9-7-17(6-5-16)8-10-18/h1-4H,5-12,16H2. The van der Waals surface area contributed by atoms with Gasteiger partial charge >= 0.3 is 0 Å². The van der Waals surface area contributed by atoms with E-state index in [1.807, 2.05) is 0 Å². The van der Waals surface area contributed by atoms with Crippen LogP contribution in [0.5, 0.6) is 5.75 Å². The molecule has 0 bridgehead atoms. The minimum atomic E-state index is -0.233. The summed E-state index contributed by atoms with van der Waals surface area (Å²) in [4.78, 5) is 4.77. The predicted molar refractivity (Wildman–Crippen MR) is 73.8 cm³/mol. The lowest BCUT2D eigenvalue weighted by atomic mass is 10.3. The van der Waals surface area contributed by atoms with Crippen LogP contribution in [0.25, 0.3) is 0 Å². The Kier molecular flexibility index (Phi) is 5.57. The van der Waals surface area contributed by atoms with Crippen LogP contribution in [0.3, 0.4) is 0 Å². The number of rotatable bonds is 6. The molecule has 0 amide bonds. The number of hydrogen-bond acceptors (Lipinski definition) is 4. The van der Waals surface area contributed by atoms with Crippen molar-refractivity contribution in [1.82, 2.24) is 9.80 Å². The predicted octanol–water partition coefficient (Wildman–Crippen LogP) is 0.781. The third-order valence-corrected chi connectivity index (χ3v) is 3.40. The van der Waals surface area contributed by atoms with Gasteiger partial charge in [0, 0.05) is 45.8 Å². The molecule has 1 saturated heterocycles. The van der Waals surface area contributed by atoms with Crippen LogP contribution in [0.1, 0.15) is 0 Å². The van der Waals surface area contributed by atoms with E-state index in [1.165, 1.54) is 12.1 Å².